The lowest BCUT2D eigenvalue weighted by atomic mass is 10.0. The SMILES string of the molecule is CCCCCCCCCCCCCCCC[N+](C)=C(SC)c1ccccc1OC.[I-]. The van der Waals surface area contributed by atoms with Gasteiger partial charge in [-0.25, -0.2) is 4.58 Å². The molecule has 0 amide bonds. The lowest BCUT2D eigenvalue weighted by Crippen LogP contribution is -3.00. The topological polar surface area (TPSA) is 12.2 Å². The molecule has 0 heterocycles. The Labute approximate surface area is 208 Å². The minimum Gasteiger partial charge on any atom is -1.00 e. The molecule has 0 aromatic heterocycles. The summed E-state index contributed by atoms with van der Waals surface area (Å²) in [6.07, 6.45) is 21.9. The Morgan fingerprint density at radius 2 is 1.27 bits per heavy atom. The second kappa shape index (κ2) is 20.7. The summed E-state index contributed by atoms with van der Waals surface area (Å²) in [5.41, 5.74) is 1.20. The summed E-state index contributed by atoms with van der Waals surface area (Å²) in [6.45, 7) is 3.41. The second-order valence-corrected chi connectivity index (χ2v) is 9.02. The highest BCUT2D eigenvalue weighted by molar-refractivity contribution is 8.13. The van der Waals surface area contributed by atoms with E-state index < -0.39 is 0 Å². The number of hydrogen-bond donors (Lipinski definition) is 0. The van der Waals surface area contributed by atoms with Gasteiger partial charge in [-0.1, -0.05) is 108 Å². The Morgan fingerprint density at radius 3 is 1.73 bits per heavy atom. The van der Waals surface area contributed by atoms with E-state index in [-0.39, 0.29) is 24.0 Å². The Kier molecular flexibility index (Phi) is 20.5. The van der Waals surface area contributed by atoms with E-state index in [1.807, 2.05) is 23.9 Å². The van der Waals surface area contributed by atoms with E-state index in [1.54, 1.807) is 7.11 Å². The zero-order valence-electron chi connectivity index (χ0n) is 20.1. The summed E-state index contributed by atoms with van der Waals surface area (Å²) < 4.78 is 7.94. The largest absolute Gasteiger partial charge is 1.00 e. The van der Waals surface area contributed by atoms with Crippen molar-refractivity contribution in [2.75, 3.05) is 27.0 Å². The molecule has 0 aliphatic heterocycles. The van der Waals surface area contributed by atoms with Crippen molar-refractivity contribution in [1.82, 2.24) is 0 Å². The predicted molar refractivity (Wildman–Crippen MR) is 132 cm³/mol. The van der Waals surface area contributed by atoms with E-state index in [1.165, 1.54) is 100 Å². The van der Waals surface area contributed by atoms with Gasteiger partial charge in [0, 0.05) is 6.42 Å². The zero-order valence-corrected chi connectivity index (χ0v) is 23.0. The monoisotopic (exact) mass is 547 g/mol. The van der Waals surface area contributed by atoms with Crippen LogP contribution in [-0.4, -0.2) is 36.6 Å². The first-order valence-electron chi connectivity index (χ1n) is 12.0. The lowest BCUT2D eigenvalue weighted by Gasteiger charge is -2.09. The highest BCUT2D eigenvalue weighted by Crippen LogP contribution is 2.22. The summed E-state index contributed by atoms with van der Waals surface area (Å²) in [6, 6.07) is 8.33. The standard InChI is InChI=1S/C26H46NOS.HI/c1-5-6-7-8-9-10-11-12-13-14-15-16-17-20-23-27(2)26(29-4)24-21-18-19-22-25(24)28-3;/h18-19,21-22H,5-17,20,23H2,1-4H3;1H/q+1;/p-1. The molecule has 0 aliphatic rings. The first-order valence-corrected chi connectivity index (χ1v) is 13.2. The fourth-order valence-corrected chi connectivity index (χ4v) is 4.73. The quantitative estimate of drug-likeness (QED) is 0.0902. The Hall–Kier alpha value is -0.230. The van der Waals surface area contributed by atoms with Crippen molar-refractivity contribution in [3.8, 4) is 5.75 Å². The van der Waals surface area contributed by atoms with E-state index >= 15 is 0 Å². The molecule has 0 saturated heterocycles. The number of nitrogens with zero attached hydrogens (tertiary/aromatic N) is 1. The van der Waals surface area contributed by atoms with Crippen LogP contribution in [0.15, 0.2) is 24.3 Å². The highest BCUT2D eigenvalue weighted by Gasteiger charge is 2.17. The van der Waals surface area contributed by atoms with E-state index in [4.69, 9.17) is 4.74 Å². The molecular weight excluding hydrogens is 501 g/mol. The Balaban J connectivity index is 0.00000841. The van der Waals surface area contributed by atoms with Crippen molar-refractivity contribution >= 4 is 16.8 Å². The van der Waals surface area contributed by atoms with Gasteiger partial charge in [0.1, 0.15) is 19.3 Å². The molecule has 0 atom stereocenters. The molecule has 30 heavy (non-hydrogen) atoms. The summed E-state index contributed by atoms with van der Waals surface area (Å²) >= 11 is 1.81. The molecule has 174 valence electrons. The molecule has 0 N–H and O–H groups in total. The molecule has 0 saturated carbocycles. The van der Waals surface area contributed by atoms with E-state index in [0.717, 1.165) is 12.3 Å². The lowest BCUT2D eigenvalue weighted by molar-refractivity contribution is -0.494. The molecule has 1 aromatic carbocycles. The van der Waals surface area contributed by atoms with E-state index in [9.17, 15) is 0 Å². The molecule has 1 aromatic rings. The van der Waals surface area contributed by atoms with Crippen molar-refractivity contribution in [2.24, 2.45) is 0 Å². The first kappa shape index (κ1) is 29.8. The summed E-state index contributed by atoms with van der Waals surface area (Å²) in [5, 5.41) is 1.30. The Bertz CT molecular complexity index is 562. The van der Waals surface area contributed by atoms with Crippen LogP contribution in [0.4, 0.5) is 0 Å². The van der Waals surface area contributed by atoms with Crippen molar-refractivity contribution in [3.63, 3.8) is 0 Å². The van der Waals surface area contributed by atoms with Gasteiger partial charge < -0.3 is 28.7 Å². The normalized spacial score (nSPS) is 11.7. The van der Waals surface area contributed by atoms with Gasteiger partial charge >= 0.3 is 0 Å². The molecule has 0 unspecified atom stereocenters. The molecule has 1 rings (SSSR count). The average molecular weight is 548 g/mol. The number of ether oxygens (including phenoxy) is 1. The van der Waals surface area contributed by atoms with Crippen LogP contribution >= 0.6 is 11.8 Å². The third-order valence-corrected chi connectivity index (χ3v) is 6.64. The number of halogens is 1. The minimum atomic E-state index is 0. The third-order valence-electron chi connectivity index (χ3n) is 5.72. The van der Waals surface area contributed by atoms with E-state index in [2.05, 4.69) is 36.9 Å². The van der Waals surface area contributed by atoms with E-state index in [0.29, 0.717) is 0 Å². The smallest absolute Gasteiger partial charge is 0.245 e. The van der Waals surface area contributed by atoms with Crippen LogP contribution in [0, 0.1) is 0 Å². The number of para-hydroxylation sites is 1. The van der Waals surface area contributed by atoms with Crippen LogP contribution in [0.2, 0.25) is 0 Å². The number of hydrogen-bond acceptors (Lipinski definition) is 2. The number of benzene rings is 1. The van der Waals surface area contributed by atoms with Gasteiger partial charge in [-0.2, -0.15) is 0 Å². The minimum absolute atomic E-state index is 0. The maximum atomic E-state index is 5.54. The fraction of sp³-hybridized carbons (Fsp3) is 0.731. The van der Waals surface area contributed by atoms with Crippen LogP contribution in [-0.2, 0) is 0 Å². The van der Waals surface area contributed by atoms with Crippen molar-refractivity contribution in [3.05, 3.63) is 29.8 Å². The molecule has 2 nitrogen and oxygen atoms in total. The highest BCUT2D eigenvalue weighted by atomic mass is 127. The number of rotatable bonds is 17. The van der Waals surface area contributed by atoms with Crippen LogP contribution in [0.3, 0.4) is 0 Å². The number of methoxy groups -OCH3 is 1. The number of unbranched alkanes of at least 4 members (excludes halogenated alkanes) is 13. The molecule has 0 aliphatic carbocycles. The van der Waals surface area contributed by atoms with Gasteiger partial charge in [-0.05, 0) is 24.8 Å². The van der Waals surface area contributed by atoms with Gasteiger partial charge in [-0.15, -0.1) is 0 Å². The van der Waals surface area contributed by atoms with Gasteiger partial charge in [0.05, 0.1) is 12.7 Å². The van der Waals surface area contributed by atoms with Gasteiger partial charge in [0.25, 0.3) is 0 Å². The van der Waals surface area contributed by atoms with Crippen LogP contribution in [0.25, 0.3) is 0 Å². The van der Waals surface area contributed by atoms with Crippen LogP contribution < -0.4 is 28.7 Å². The predicted octanol–water partition coefficient (Wildman–Crippen LogP) is 4.93. The molecule has 4 heteroatoms. The maximum Gasteiger partial charge on any atom is 0.245 e. The molecule has 0 spiro atoms. The van der Waals surface area contributed by atoms with Crippen molar-refractivity contribution < 1.29 is 33.3 Å². The first-order chi connectivity index (χ1) is 14.2. The second-order valence-electron chi connectivity index (χ2n) is 8.23. The van der Waals surface area contributed by atoms with Gasteiger partial charge in [0.2, 0.25) is 5.04 Å². The molecule has 0 radical (unpaired) electrons. The molecular formula is C26H46INOS. The van der Waals surface area contributed by atoms with Crippen LogP contribution in [0.1, 0.15) is 102 Å². The molecule has 0 bridgehead atoms. The zero-order chi connectivity index (χ0) is 21.2. The molecule has 0 fully saturated rings. The van der Waals surface area contributed by atoms with Gasteiger partial charge in [0.15, 0.2) is 0 Å². The Morgan fingerprint density at radius 1 is 0.800 bits per heavy atom. The fourth-order valence-electron chi connectivity index (χ4n) is 3.94. The van der Waals surface area contributed by atoms with Gasteiger partial charge in [-0.3, -0.25) is 0 Å². The number of thioether (sulfide) groups is 1. The van der Waals surface area contributed by atoms with Crippen molar-refractivity contribution in [2.45, 2.75) is 96.8 Å². The van der Waals surface area contributed by atoms with Crippen molar-refractivity contribution in [1.29, 1.82) is 0 Å². The summed E-state index contributed by atoms with van der Waals surface area (Å²) in [4.78, 5) is 0. The maximum absolute atomic E-state index is 5.54. The summed E-state index contributed by atoms with van der Waals surface area (Å²) in [5.74, 6) is 0.963. The third kappa shape index (κ3) is 13.2. The summed E-state index contributed by atoms with van der Waals surface area (Å²) in [7, 11) is 3.96. The average Bonchev–Trinajstić information content (AvgIpc) is 2.75. The van der Waals surface area contributed by atoms with Crippen LogP contribution in [0.5, 0.6) is 5.75 Å².